The number of rotatable bonds is 3. The van der Waals surface area contributed by atoms with Gasteiger partial charge in [-0.25, -0.2) is 9.67 Å². The average Bonchev–Trinajstić information content (AvgIpc) is 2.77. The van der Waals surface area contributed by atoms with Crippen molar-refractivity contribution in [1.29, 1.82) is 0 Å². The fraction of sp³-hybridized carbons (Fsp3) is 0.625. The van der Waals surface area contributed by atoms with E-state index in [9.17, 15) is 0 Å². The number of hydrogen-bond acceptors (Lipinski definition) is 4. The van der Waals surface area contributed by atoms with E-state index in [1.165, 1.54) is 32.4 Å². The number of aromatic nitrogens is 3. The zero-order valence-electron chi connectivity index (χ0n) is 13.2. The lowest BCUT2D eigenvalue weighted by atomic mass is 10.1. The van der Waals surface area contributed by atoms with Gasteiger partial charge in [0, 0.05) is 17.5 Å². The highest BCUT2D eigenvalue weighted by Gasteiger charge is 2.15. The predicted molar refractivity (Wildman–Crippen MR) is 86.7 cm³/mol. The molecule has 1 saturated heterocycles. The molecule has 0 bridgehead atoms. The van der Waals surface area contributed by atoms with Crippen LogP contribution in [0.3, 0.4) is 0 Å². The van der Waals surface area contributed by atoms with Crippen molar-refractivity contribution in [3.05, 3.63) is 18.5 Å². The molecule has 2 aromatic rings. The lowest BCUT2D eigenvalue weighted by Gasteiger charge is -2.18. The highest BCUT2D eigenvalue weighted by atomic mass is 15.3. The van der Waals surface area contributed by atoms with Gasteiger partial charge in [-0.15, -0.1) is 0 Å². The molecular weight excluding hydrogens is 262 g/mol. The second-order valence-corrected chi connectivity index (χ2v) is 6.40. The molecule has 3 heterocycles. The van der Waals surface area contributed by atoms with Gasteiger partial charge in [-0.2, -0.15) is 5.10 Å². The smallest absolute Gasteiger partial charge is 0.158 e. The summed E-state index contributed by atoms with van der Waals surface area (Å²) in [5.41, 5.74) is 2.08. The lowest BCUT2D eigenvalue weighted by molar-refractivity contribution is 0.348. The van der Waals surface area contributed by atoms with Crippen LogP contribution in [0.2, 0.25) is 0 Å². The summed E-state index contributed by atoms with van der Waals surface area (Å²) in [5, 5.41) is 9.18. The second kappa shape index (κ2) is 6.02. The summed E-state index contributed by atoms with van der Waals surface area (Å²) in [6.45, 7) is 6.62. The molecule has 1 fully saturated rings. The van der Waals surface area contributed by atoms with E-state index in [0.29, 0.717) is 12.1 Å². The van der Waals surface area contributed by atoms with Crippen LogP contribution in [-0.4, -0.2) is 45.8 Å². The molecule has 0 spiro atoms. The predicted octanol–water partition coefficient (Wildman–Crippen LogP) is 2.91. The number of likely N-dealkylation sites (tertiary alicyclic amines) is 1. The molecule has 0 saturated carbocycles. The minimum Gasteiger partial charge on any atom is -0.381 e. The van der Waals surface area contributed by atoms with Gasteiger partial charge in [-0.1, -0.05) is 0 Å². The van der Waals surface area contributed by atoms with Crippen LogP contribution < -0.4 is 5.32 Å². The molecular formula is C16H25N5. The minimum absolute atomic E-state index is 0.339. The average molecular weight is 287 g/mol. The molecule has 5 nitrogen and oxygen atoms in total. The van der Waals surface area contributed by atoms with Crippen molar-refractivity contribution in [2.24, 2.45) is 0 Å². The summed E-state index contributed by atoms with van der Waals surface area (Å²) in [5.74, 6) is 0. The topological polar surface area (TPSA) is 46.0 Å². The molecule has 3 rings (SSSR count). The third-order valence-corrected chi connectivity index (χ3v) is 4.24. The largest absolute Gasteiger partial charge is 0.381 e. The van der Waals surface area contributed by atoms with E-state index in [1.54, 1.807) is 0 Å². The summed E-state index contributed by atoms with van der Waals surface area (Å²) in [6, 6.07) is 3.06. The van der Waals surface area contributed by atoms with E-state index in [2.05, 4.69) is 47.3 Å². The summed E-state index contributed by atoms with van der Waals surface area (Å²) < 4.78 is 1.97. The Morgan fingerprint density at radius 1 is 1.24 bits per heavy atom. The normalized spacial score (nSPS) is 20.9. The van der Waals surface area contributed by atoms with E-state index in [0.717, 1.165) is 16.7 Å². The summed E-state index contributed by atoms with van der Waals surface area (Å²) >= 11 is 0. The third kappa shape index (κ3) is 3.18. The quantitative estimate of drug-likeness (QED) is 0.943. The highest BCUT2D eigenvalue weighted by molar-refractivity contribution is 5.78. The fourth-order valence-corrected chi connectivity index (χ4v) is 3.02. The summed E-state index contributed by atoms with van der Waals surface area (Å²) in [6.07, 6.45) is 7.54. The molecule has 1 unspecified atom stereocenters. The van der Waals surface area contributed by atoms with E-state index in [-0.39, 0.29) is 0 Å². The molecule has 0 amide bonds. The van der Waals surface area contributed by atoms with Crippen LogP contribution in [0.25, 0.3) is 11.0 Å². The first kappa shape index (κ1) is 14.3. The zero-order valence-corrected chi connectivity index (χ0v) is 13.2. The molecule has 0 aromatic carbocycles. The summed E-state index contributed by atoms with van der Waals surface area (Å²) in [4.78, 5) is 7.01. The van der Waals surface area contributed by atoms with Gasteiger partial charge in [-0.05, 0) is 59.3 Å². The number of anilines is 1. The van der Waals surface area contributed by atoms with Crippen LogP contribution in [0, 0.1) is 0 Å². The molecule has 21 heavy (non-hydrogen) atoms. The van der Waals surface area contributed by atoms with E-state index < -0.39 is 0 Å². The molecule has 5 heteroatoms. The van der Waals surface area contributed by atoms with E-state index in [1.807, 2.05) is 17.1 Å². The lowest BCUT2D eigenvalue weighted by Crippen LogP contribution is -2.23. The Hall–Kier alpha value is -1.62. The fourth-order valence-electron chi connectivity index (χ4n) is 3.02. The van der Waals surface area contributed by atoms with Gasteiger partial charge >= 0.3 is 0 Å². The van der Waals surface area contributed by atoms with Crippen molar-refractivity contribution in [2.75, 3.05) is 25.5 Å². The van der Waals surface area contributed by atoms with Gasteiger partial charge in [0.1, 0.15) is 0 Å². The second-order valence-electron chi connectivity index (χ2n) is 6.40. The van der Waals surface area contributed by atoms with Gasteiger partial charge < -0.3 is 10.2 Å². The molecule has 0 radical (unpaired) electrons. The number of nitrogens with one attached hydrogen (secondary N) is 1. The van der Waals surface area contributed by atoms with Crippen LogP contribution in [0.4, 0.5) is 5.69 Å². The summed E-state index contributed by atoms with van der Waals surface area (Å²) in [7, 11) is 2.20. The standard InChI is InChI=1S/C16H25N5/c1-12(2)21-16-13(10-18-21)9-15(11-17-16)19-14-5-4-7-20(3)8-6-14/h9-12,14,19H,4-8H2,1-3H3. The van der Waals surface area contributed by atoms with Crippen molar-refractivity contribution < 1.29 is 0 Å². The maximum Gasteiger partial charge on any atom is 0.158 e. The van der Waals surface area contributed by atoms with Gasteiger partial charge in [0.25, 0.3) is 0 Å². The van der Waals surface area contributed by atoms with Gasteiger partial charge in [-0.3, -0.25) is 0 Å². The monoisotopic (exact) mass is 287 g/mol. The first-order chi connectivity index (χ1) is 10.1. The molecule has 114 valence electrons. The SMILES string of the molecule is CC(C)n1ncc2cc(NC3CCCN(C)CC3)cnc21. The Morgan fingerprint density at radius 3 is 2.90 bits per heavy atom. The number of nitrogens with zero attached hydrogens (tertiary/aromatic N) is 4. The van der Waals surface area contributed by atoms with E-state index >= 15 is 0 Å². The van der Waals surface area contributed by atoms with Crippen molar-refractivity contribution in [3.63, 3.8) is 0 Å². The first-order valence-corrected chi connectivity index (χ1v) is 7.92. The zero-order chi connectivity index (χ0) is 14.8. The van der Waals surface area contributed by atoms with Crippen molar-refractivity contribution in [3.8, 4) is 0 Å². The van der Waals surface area contributed by atoms with Crippen molar-refractivity contribution in [1.82, 2.24) is 19.7 Å². The van der Waals surface area contributed by atoms with Crippen LogP contribution in [0.5, 0.6) is 0 Å². The number of pyridine rings is 1. The Kier molecular flexibility index (Phi) is 4.10. The Bertz CT molecular complexity index is 604. The van der Waals surface area contributed by atoms with Crippen LogP contribution >= 0.6 is 0 Å². The number of hydrogen-bond donors (Lipinski definition) is 1. The van der Waals surface area contributed by atoms with Gasteiger partial charge in [0.15, 0.2) is 5.65 Å². The molecule has 0 aliphatic carbocycles. The minimum atomic E-state index is 0.339. The molecule has 2 aromatic heterocycles. The van der Waals surface area contributed by atoms with Crippen molar-refractivity contribution >= 4 is 16.7 Å². The first-order valence-electron chi connectivity index (χ1n) is 7.92. The molecule has 1 aliphatic rings. The van der Waals surface area contributed by atoms with Crippen LogP contribution in [0.15, 0.2) is 18.5 Å². The van der Waals surface area contributed by atoms with Gasteiger partial charge in [0.05, 0.1) is 18.1 Å². The maximum atomic E-state index is 4.59. The maximum absolute atomic E-state index is 4.59. The molecule has 1 atom stereocenters. The third-order valence-electron chi connectivity index (χ3n) is 4.24. The van der Waals surface area contributed by atoms with E-state index in [4.69, 9.17) is 0 Å². The van der Waals surface area contributed by atoms with Gasteiger partial charge in [0.2, 0.25) is 0 Å². The molecule has 1 N–H and O–H groups in total. The number of fused-ring (bicyclic) bond motifs is 1. The molecule has 1 aliphatic heterocycles. The van der Waals surface area contributed by atoms with Crippen LogP contribution in [-0.2, 0) is 0 Å². The Morgan fingerprint density at radius 2 is 2.10 bits per heavy atom. The highest BCUT2D eigenvalue weighted by Crippen LogP contribution is 2.21. The Balaban J connectivity index is 1.75. The van der Waals surface area contributed by atoms with Crippen molar-refractivity contribution in [2.45, 2.75) is 45.2 Å². The Labute approximate surface area is 126 Å². The van der Waals surface area contributed by atoms with Crippen LogP contribution in [0.1, 0.15) is 39.2 Å².